The molecule has 2 rings (SSSR count). The average molecular weight is 911 g/mol. The van der Waals surface area contributed by atoms with E-state index in [4.69, 9.17) is 57.3 Å². The molecule has 28 N–H and O–H groups in total. The fourth-order valence-electron chi connectivity index (χ4n) is 4.90. The maximum absolute atomic E-state index is 13.8. The van der Waals surface area contributed by atoms with Crippen molar-refractivity contribution in [3.05, 3.63) is 71.8 Å². The molecule has 0 aliphatic heterocycles. The maximum atomic E-state index is 13.8. The van der Waals surface area contributed by atoms with E-state index in [2.05, 4.69) is 41.2 Å². The lowest BCUT2D eigenvalue weighted by Crippen LogP contribution is -2.60. The van der Waals surface area contributed by atoms with E-state index in [1.807, 2.05) is 59.2 Å². The van der Waals surface area contributed by atoms with Crippen LogP contribution in [0.1, 0.15) is 17.2 Å². The van der Waals surface area contributed by atoms with Crippen molar-refractivity contribution >= 4 is 77.0 Å². The normalized spacial score (nSPS) is 13.8. The number of anilines is 1. The second-order valence-corrected chi connectivity index (χ2v) is 13.3. The van der Waals surface area contributed by atoms with Gasteiger partial charge in [-0.1, -0.05) is 54.6 Å². The number of aliphatic hydroxyl groups excluding tert-OH is 1. The van der Waals surface area contributed by atoms with Crippen LogP contribution in [0, 0.1) is 0 Å². The van der Waals surface area contributed by atoms with E-state index in [0.717, 1.165) is 11.3 Å². The van der Waals surface area contributed by atoms with Gasteiger partial charge in [-0.2, -0.15) is 0 Å². The lowest BCUT2D eigenvalue weighted by atomic mass is 10.1. The molecule has 0 bridgehead atoms. The van der Waals surface area contributed by atoms with Crippen LogP contribution >= 0.6 is 0 Å². The van der Waals surface area contributed by atoms with Crippen molar-refractivity contribution in [1.82, 2.24) is 37.2 Å². The molecule has 0 fully saturated rings. The molecule has 30 nitrogen and oxygen atoms in total. The third-order valence-electron chi connectivity index (χ3n) is 7.91. The summed E-state index contributed by atoms with van der Waals surface area (Å²) in [6.07, 6.45) is -8.60. The van der Waals surface area contributed by atoms with Gasteiger partial charge < -0.3 is 99.2 Å². The van der Waals surface area contributed by atoms with E-state index in [1.165, 1.54) is 24.3 Å². The summed E-state index contributed by atoms with van der Waals surface area (Å²) < 4.78 is 0. The molecule has 7 unspecified atom stereocenters. The van der Waals surface area contributed by atoms with Crippen LogP contribution in [0.25, 0.3) is 6.08 Å². The molecule has 0 heterocycles. The van der Waals surface area contributed by atoms with Crippen LogP contribution in [0.15, 0.2) is 80.6 Å². The van der Waals surface area contributed by atoms with Crippen LogP contribution in [-0.4, -0.2) is 128 Å². The number of rotatable bonds is 23. The van der Waals surface area contributed by atoms with E-state index in [-0.39, 0.29) is 12.1 Å². The van der Waals surface area contributed by atoms with Gasteiger partial charge in [0, 0.05) is 26.3 Å². The first-order chi connectivity index (χ1) is 30.5. The van der Waals surface area contributed by atoms with Gasteiger partial charge in [-0.05, 0) is 23.3 Å². The molecule has 0 aliphatic carbocycles. The molecular formula is C35H54N22O8. The van der Waals surface area contributed by atoms with Crippen LogP contribution < -0.4 is 99.5 Å². The highest BCUT2D eigenvalue weighted by Crippen LogP contribution is 2.15. The van der Waals surface area contributed by atoms with E-state index in [1.54, 1.807) is 18.2 Å². The van der Waals surface area contributed by atoms with Crippen LogP contribution in [-0.2, 0) is 33.6 Å². The molecule has 0 aliphatic rings. The fraction of sp³-hybridized carbons (Fsp3) is 0.286. The van der Waals surface area contributed by atoms with Gasteiger partial charge in [0.15, 0.2) is 36.2 Å². The van der Waals surface area contributed by atoms with E-state index in [9.17, 15) is 38.7 Å². The Hall–Kier alpha value is -8.77. The minimum absolute atomic E-state index is 0.0318. The third-order valence-corrected chi connectivity index (χ3v) is 7.91. The number of hydrogen-bond donors (Lipinski definition) is 18. The largest absolute Gasteiger partial charge is 0.378 e. The summed E-state index contributed by atoms with van der Waals surface area (Å²) >= 11 is 0. The van der Waals surface area contributed by atoms with Crippen molar-refractivity contribution in [2.24, 2.45) is 77.3 Å². The lowest BCUT2D eigenvalue weighted by molar-refractivity contribution is -0.136. The summed E-state index contributed by atoms with van der Waals surface area (Å²) in [7, 11) is 3.81. The molecule has 0 aromatic heterocycles. The smallest absolute Gasteiger partial charge is 0.267 e. The summed E-state index contributed by atoms with van der Waals surface area (Å²) in [4.78, 5) is 108. The summed E-state index contributed by atoms with van der Waals surface area (Å²) in [6, 6.07) is 13.6. The number of primary amides is 1. The van der Waals surface area contributed by atoms with E-state index < -0.39 is 108 Å². The SMILES string of the molecule is CN(C)c1ccc(C=CCNC(O)C(=O)NC(C(=O)NC(N=C(N)N)C(=O)NC(N=C(N)N)C(=O)NC(N=C(N)N)C(=O)NC(N=C(N)N)C(=O)NC(N)C(N)=O)c2ccccc2)cc1. The van der Waals surface area contributed by atoms with Crippen molar-refractivity contribution < 1.29 is 38.7 Å². The number of aliphatic imine (C=N–C) groups is 4. The number of hydrogen-bond acceptors (Lipinski definition) is 15. The molecule has 7 atom stereocenters. The average Bonchev–Trinajstić information content (AvgIpc) is 3.22. The number of nitrogens with one attached hydrogen (secondary N) is 7. The van der Waals surface area contributed by atoms with Crippen LogP contribution in [0.3, 0.4) is 0 Å². The lowest BCUT2D eigenvalue weighted by Gasteiger charge is -2.24. The van der Waals surface area contributed by atoms with Gasteiger partial charge in [-0.15, -0.1) is 0 Å². The number of guanidine groups is 4. The van der Waals surface area contributed by atoms with Gasteiger partial charge in [0.25, 0.3) is 35.4 Å². The van der Waals surface area contributed by atoms with Crippen molar-refractivity contribution in [1.29, 1.82) is 0 Å². The number of carbonyl (C=O) groups is 7. The van der Waals surface area contributed by atoms with Crippen molar-refractivity contribution in [2.75, 3.05) is 25.5 Å². The zero-order valence-corrected chi connectivity index (χ0v) is 34.9. The predicted octanol–water partition coefficient (Wildman–Crippen LogP) is -9.72. The van der Waals surface area contributed by atoms with Crippen molar-refractivity contribution in [3.8, 4) is 0 Å². The minimum atomic E-state index is -2.17. The van der Waals surface area contributed by atoms with E-state index >= 15 is 0 Å². The second kappa shape index (κ2) is 25.2. The molecule has 2 aromatic rings. The summed E-state index contributed by atoms with van der Waals surface area (Å²) in [5, 5.41) is 25.8. The summed E-state index contributed by atoms with van der Waals surface area (Å²) in [5.74, 6) is -11.9. The van der Waals surface area contributed by atoms with Crippen LogP contribution in [0.2, 0.25) is 0 Å². The highest BCUT2D eigenvalue weighted by Gasteiger charge is 2.34. The third kappa shape index (κ3) is 18.4. The molecule has 0 radical (unpaired) electrons. The molecule has 352 valence electrons. The van der Waals surface area contributed by atoms with Gasteiger partial charge in [0.1, 0.15) is 6.04 Å². The predicted molar refractivity (Wildman–Crippen MR) is 237 cm³/mol. The van der Waals surface area contributed by atoms with Gasteiger partial charge >= 0.3 is 0 Å². The molecule has 0 saturated heterocycles. The Kier molecular flexibility index (Phi) is 20.3. The van der Waals surface area contributed by atoms with Crippen LogP contribution in [0.4, 0.5) is 5.69 Å². The molecule has 7 amide bonds. The number of nitrogens with zero attached hydrogens (tertiary/aromatic N) is 5. The maximum Gasteiger partial charge on any atom is 0.267 e. The Balaban J connectivity index is 2.32. The van der Waals surface area contributed by atoms with Gasteiger partial charge in [0.05, 0.1) is 0 Å². The summed E-state index contributed by atoms with van der Waals surface area (Å²) in [5.41, 5.74) is 56.1. The highest BCUT2D eigenvalue weighted by atomic mass is 16.3. The van der Waals surface area contributed by atoms with Gasteiger partial charge in [-0.3, -0.25) is 38.9 Å². The molecule has 65 heavy (non-hydrogen) atoms. The first kappa shape index (κ1) is 52.4. The van der Waals surface area contributed by atoms with Gasteiger partial charge in [0.2, 0.25) is 30.6 Å². The number of carbonyl (C=O) groups excluding carboxylic acids is 7. The Morgan fingerprint density at radius 3 is 1.35 bits per heavy atom. The van der Waals surface area contributed by atoms with E-state index in [0.29, 0.717) is 0 Å². The molecule has 30 heteroatoms. The van der Waals surface area contributed by atoms with Gasteiger partial charge in [-0.25, -0.2) is 20.0 Å². The first-order valence-corrected chi connectivity index (χ1v) is 18.6. The zero-order valence-electron chi connectivity index (χ0n) is 34.9. The molecule has 0 spiro atoms. The number of aliphatic hydroxyl groups is 1. The first-order valence-electron chi connectivity index (χ1n) is 18.6. The Morgan fingerprint density at radius 1 is 0.569 bits per heavy atom. The molecule has 0 saturated carbocycles. The molecule has 2 aromatic carbocycles. The minimum Gasteiger partial charge on any atom is -0.378 e. The van der Waals surface area contributed by atoms with Crippen molar-refractivity contribution in [3.63, 3.8) is 0 Å². The molecular weight excluding hydrogens is 857 g/mol. The fourth-order valence-corrected chi connectivity index (χ4v) is 4.90. The Labute approximate surface area is 370 Å². The quantitative estimate of drug-likeness (QED) is 0.0280. The number of nitrogens with two attached hydrogens (primary N) is 10. The van der Waals surface area contributed by atoms with Crippen molar-refractivity contribution in [2.45, 2.75) is 43.1 Å². The summed E-state index contributed by atoms with van der Waals surface area (Å²) in [6.45, 7) is 0.0318. The topological polar surface area (TPSA) is 537 Å². The standard InChI is InChI=1S/C35H54N22O8/c1-57(2)17-12-10-15(11-13-17)7-6-14-46-30(64)31(65)47-18(16-8-4-3-5-9-16)25(59)49-22(54-33(40)41)27(61)51-24(56-35(44)45)29(63)52-23(55-34(42)43)28(62)50-21(53-32(38)39)26(60)48-19(36)20(37)58/h3-13,18-19,21-24,30,46,64H,14,36H2,1-2H3,(H2,37,58)(H,47,65)(H,48,60)(H,49,59)(H,50,62)(H,51,61)(H,52,63)(H4,38,39,53)(H4,40,41,54)(H4,42,43,55)(H4,44,45,56). The number of amides is 7. The Morgan fingerprint density at radius 2 is 0.969 bits per heavy atom. The van der Waals surface area contributed by atoms with Crippen LogP contribution in [0.5, 0.6) is 0 Å². The second-order valence-electron chi connectivity index (χ2n) is 13.3. The highest BCUT2D eigenvalue weighted by molar-refractivity contribution is 5.99. The zero-order chi connectivity index (χ0) is 49.0. The Bertz CT molecular complexity index is 2150. The monoisotopic (exact) mass is 910 g/mol. The number of benzene rings is 2.